The Labute approximate surface area is 90.8 Å². The summed E-state index contributed by atoms with van der Waals surface area (Å²) in [4.78, 5) is 11.4. The zero-order chi connectivity index (χ0) is 12.2. The molecule has 0 aliphatic heterocycles. The Morgan fingerprint density at radius 3 is 2.13 bits per heavy atom. The van der Waals surface area contributed by atoms with Gasteiger partial charge in [0, 0.05) is 17.8 Å². The van der Waals surface area contributed by atoms with Crippen molar-refractivity contribution < 1.29 is 13.2 Å². The van der Waals surface area contributed by atoms with E-state index < -0.39 is 21.1 Å². The average molecular weight is 234 g/mol. The number of allylic oxidation sites excluding steroid dienone is 2. The molecule has 0 saturated heterocycles. The van der Waals surface area contributed by atoms with Crippen molar-refractivity contribution in [1.82, 2.24) is 4.72 Å². The Kier molecular flexibility index (Phi) is 4.96. The van der Waals surface area contributed by atoms with Crippen molar-refractivity contribution in [2.75, 3.05) is 0 Å². The minimum absolute atomic E-state index is 0.229. The van der Waals surface area contributed by atoms with Gasteiger partial charge in [-0.3, -0.25) is 4.79 Å². The minimum Gasteiger partial charge on any atom is -0.402 e. The number of carbonyl (C=O) groups excluding carboxylic acids is 1. The summed E-state index contributed by atoms with van der Waals surface area (Å²) < 4.78 is 25.5. The number of hydrogen-bond acceptors (Lipinski definition) is 4. The van der Waals surface area contributed by atoms with Crippen LogP contribution in [0.25, 0.3) is 0 Å². The van der Waals surface area contributed by atoms with Crippen LogP contribution >= 0.6 is 0 Å². The molecule has 0 aliphatic carbocycles. The molecule has 15 heavy (non-hydrogen) atoms. The zero-order valence-corrected chi connectivity index (χ0v) is 10.3. The second-order valence-electron chi connectivity index (χ2n) is 3.75. The predicted octanol–water partition coefficient (Wildman–Crippen LogP) is 0.134. The lowest BCUT2D eigenvalue weighted by molar-refractivity contribution is -0.114. The summed E-state index contributed by atoms with van der Waals surface area (Å²) >= 11 is 0. The van der Waals surface area contributed by atoms with E-state index >= 15 is 0 Å². The van der Waals surface area contributed by atoms with Crippen molar-refractivity contribution in [2.45, 2.75) is 39.0 Å². The molecule has 3 N–H and O–H groups in total. The molecule has 0 aromatic rings. The van der Waals surface area contributed by atoms with E-state index in [1.165, 1.54) is 13.8 Å². The summed E-state index contributed by atoms with van der Waals surface area (Å²) in [5.41, 5.74) is 5.60. The smallest absolute Gasteiger partial charge is 0.221 e. The van der Waals surface area contributed by atoms with Gasteiger partial charge in [-0.2, -0.15) is 0 Å². The lowest BCUT2D eigenvalue weighted by atomic mass is 10.2. The van der Waals surface area contributed by atoms with Gasteiger partial charge in [0.15, 0.2) is 5.78 Å². The van der Waals surface area contributed by atoms with E-state index in [-0.39, 0.29) is 6.04 Å². The third-order valence-electron chi connectivity index (χ3n) is 1.64. The summed E-state index contributed by atoms with van der Waals surface area (Å²) in [5, 5.41) is -1.11. The van der Waals surface area contributed by atoms with Crippen molar-refractivity contribution in [3.63, 3.8) is 0 Å². The largest absolute Gasteiger partial charge is 0.402 e. The predicted molar refractivity (Wildman–Crippen MR) is 59.6 cm³/mol. The SMILES string of the molecule is CC(N)=CC(=O)C(C)S(=O)(=O)NC(C)C. The Balaban J connectivity index is 4.78. The molecular weight excluding hydrogens is 216 g/mol. The standard InChI is InChI=1S/C9H18N2O3S/c1-6(2)11-15(13,14)8(4)9(12)5-7(3)10/h5-6,8,11H,10H2,1-4H3. The van der Waals surface area contributed by atoms with Crippen molar-refractivity contribution >= 4 is 15.8 Å². The molecule has 0 heterocycles. The van der Waals surface area contributed by atoms with Gasteiger partial charge < -0.3 is 5.73 Å². The molecule has 1 atom stereocenters. The molecule has 0 aromatic carbocycles. The maximum Gasteiger partial charge on any atom is 0.221 e. The molecule has 0 saturated carbocycles. The highest BCUT2D eigenvalue weighted by atomic mass is 32.2. The second kappa shape index (κ2) is 5.27. The molecule has 6 heteroatoms. The molecule has 0 radical (unpaired) electrons. The first-order valence-electron chi connectivity index (χ1n) is 4.65. The van der Waals surface area contributed by atoms with Crippen LogP contribution in [0.4, 0.5) is 0 Å². The van der Waals surface area contributed by atoms with E-state index in [1.54, 1.807) is 13.8 Å². The number of sulfonamides is 1. The Bertz CT molecular complexity index is 354. The first-order valence-corrected chi connectivity index (χ1v) is 6.20. The molecule has 0 rings (SSSR count). The van der Waals surface area contributed by atoms with E-state index in [0.29, 0.717) is 5.70 Å². The summed E-state index contributed by atoms with van der Waals surface area (Å²) in [6.45, 7) is 6.26. The number of nitrogens with two attached hydrogens (primary N) is 1. The van der Waals surface area contributed by atoms with Gasteiger partial charge in [-0.05, 0) is 27.7 Å². The first kappa shape index (κ1) is 14.1. The highest BCUT2D eigenvalue weighted by Gasteiger charge is 2.26. The van der Waals surface area contributed by atoms with Gasteiger partial charge in [-0.25, -0.2) is 13.1 Å². The van der Waals surface area contributed by atoms with Gasteiger partial charge >= 0.3 is 0 Å². The average Bonchev–Trinajstić information content (AvgIpc) is 1.98. The highest BCUT2D eigenvalue weighted by Crippen LogP contribution is 2.03. The van der Waals surface area contributed by atoms with E-state index in [2.05, 4.69) is 4.72 Å². The van der Waals surface area contributed by atoms with E-state index in [4.69, 9.17) is 5.73 Å². The topological polar surface area (TPSA) is 89.3 Å². The molecule has 0 fully saturated rings. The lowest BCUT2D eigenvalue weighted by Crippen LogP contribution is -2.40. The summed E-state index contributed by atoms with van der Waals surface area (Å²) in [6, 6.07) is -0.229. The molecule has 0 amide bonds. The van der Waals surface area contributed by atoms with Crippen LogP contribution in [0.15, 0.2) is 11.8 Å². The van der Waals surface area contributed by atoms with Crippen LogP contribution in [0.1, 0.15) is 27.7 Å². The molecular formula is C9H18N2O3S. The summed E-state index contributed by atoms with van der Waals surface area (Å²) in [5.74, 6) is -0.511. The van der Waals surface area contributed by atoms with Crippen molar-refractivity contribution in [2.24, 2.45) is 5.73 Å². The number of hydrogen-bond donors (Lipinski definition) is 2. The van der Waals surface area contributed by atoms with E-state index in [9.17, 15) is 13.2 Å². The van der Waals surface area contributed by atoms with Crippen LogP contribution in [0.2, 0.25) is 0 Å². The molecule has 1 unspecified atom stereocenters. The minimum atomic E-state index is -3.60. The maximum atomic E-state index is 11.6. The van der Waals surface area contributed by atoms with Gasteiger partial charge in [-0.15, -0.1) is 0 Å². The van der Waals surface area contributed by atoms with Crippen LogP contribution in [0, 0.1) is 0 Å². The fourth-order valence-corrected chi connectivity index (χ4v) is 2.16. The number of ketones is 1. The van der Waals surface area contributed by atoms with Crippen LogP contribution in [0.5, 0.6) is 0 Å². The van der Waals surface area contributed by atoms with Crippen molar-refractivity contribution in [3.8, 4) is 0 Å². The molecule has 0 bridgehead atoms. The highest BCUT2D eigenvalue weighted by molar-refractivity contribution is 7.90. The fraction of sp³-hybridized carbons (Fsp3) is 0.667. The second-order valence-corrected chi connectivity index (χ2v) is 5.78. The molecule has 0 spiro atoms. The Morgan fingerprint density at radius 1 is 1.33 bits per heavy atom. The fourth-order valence-electron chi connectivity index (χ4n) is 0.925. The van der Waals surface area contributed by atoms with Crippen molar-refractivity contribution in [3.05, 3.63) is 11.8 Å². The van der Waals surface area contributed by atoms with Crippen LogP contribution < -0.4 is 10.5 Å². The van der Waals surface area contributed by atoms with Crippen LogP contribution in [-0.2, 0) is 14.8 Å². The third-order valence-corrected chi connectivity index (χ3v) is 3.60. The number of rotatable bonds is 5. The monoisotopic (exact) mass is 234 g/mol. The van der Waals surface area contributed by atoms with Gasteiger partial charge in [0.2, 0.25) is 10.0 Å². The van der Waals surface area contributed by atoms with Crippen molar-refractivity contribution in [1.29, 1.82) is 0 Å². The summed E-state index contributed by atoms with van der Waals surface area (Å²) in [7, 11) is -3.60. The maximum absolute atomic E-state index is 11.6. The summed E-state index contributed by atoms with van der Waals surface area (Å²) in [6.07, 6.45) is 1.13. The van der Waals surface area contributed by atoms with Gasteiger partial charge in [0.25, 0.3) is 0 Å². The normalized spacial score (nSPS) is 15.4. The molecule has 0 aromatic heterocycles. The van der Waals surface area contributed by atoms with Crippen LogP contribution in [0.3, 0.4) is 0 Å². The van der Waals surface area contributed by atoms with E-state index in [0.717, 1.165) is 6.08 Å². The zero-order valence-electron chi connectivity index (χ0n) is 9.44. The lowest BCUT2D eigenvalue weighted by Gasteiger charge is -2.13. The van der Waals surface area contributed by atoms with E-state index in [1.807, 2.05) is 0 Å². The number of nitrogens with one attached hydrogen (secondary N) is 1. The molecule has 5 nitrogen and oxygen atoms in total. The van der Waals surface area contributed by atoms with Gasteiger partial charge in [0.05, 0.1) is 0 Å². The molecule has 88 valence electrons. The van der Waals surface area contributed by atoms with Gasteiger partial charge in [0.1, 0.15) is 5.25 Å². The quantitative estimate of drug-likeness (QED) is 0.662. The first-order chi connectivity index (χ1) is 6.66. The Hall–Kier alpha value is -0.880. The third kappa shape index (κ3) is 4.94. The molecule has 0 aliphatic rings. The van der Waals surface area contributed by atoms with Crippen LogP contribution in [-0.4, -0.2) is 25.5 Å². The Morgan fingerprint density at radius 2 is 1.80 bits per heavy atom. The number of carbonyl (C=O) groups is 1. The van der Waals surface area contributed by atoms with Gasteiger partial charge in [-0.1, -0.05) is 0 Å².